The first-order chi connectivity index (χ1) is 12.6. The molecule has 0 amide bonds. The number of hydrogen-bond acceptors (Lipinski definition) is 6. The number of aliphatic carboxylic acids is 1. The van der Waals surface area contributed by atoms with Gasteiger partial charge in [0.2, 0.25) is 0 Å². The van der Waals surface area contributed by atoms with Crippen molar-refractivity contribution in [3.63, 3.8) is 0 Å². The Labute approximate surface area is 160 Å². The maximum Gasteiger partial charge on any atom is 0.191 e. The van der Waals surface area contributed by atoms with Crippen molar-refractivity contribution in [3.05, 3.63) is 71.0 Å². The molecule has 0 saturated carbocycles. The number of carboxylic acid groups (broad SMARTS) is 1. The molecule has 6 nitrogen and oxygen atoms in total. The van der Waals surface area contributed by atoms with E-state index < -0.39 is 5.97 Å². The molecular formula is C18H16ClN4O2S-. The number of carboxylic acids is 1. The van der Waals surface area contributed by atoms with Gasteiger partial charge in [-0.3, -0.25) is 0 Å². The molecule has 0 aliphatic heterocycles. The lowest BCUT2D eigenvalue weighted by Crippen LogP contribution is -2.24. The predicted molar refractivity (Wildman–Crippen MR) is 100 cm³/mol. The third kappa shape index (κ3) is 5.00. The summed E-state index contributed by atoms with van der Waals surface area (Å²) >= 11 is 7.00. The molecule has 0 aliphatic carbocycles. The number of carbonyl (C=O) groups excluding carboxylic acids is 1. The quantitative estimate of drug-likeness (QED) is 0.598. The third-order valence-electron chi connectivity index (χ3n) is 3.59. The molecule has 0 fully saturated rings. The molecule has 2 aromatic carbocycles. The lowest BCUT2D eigenvalue weighted by atomic mass is 10.2. The average Bonchev–Trinajstić information content (AvgIpc) is 3.02. The maximum atomic E-state index is 10.8. The topological polar surface area (TPSA) is 82.9 Å². The Morgan fingerprint density at radius 2 is 1.85 bits per heavy atom. The van der Waals surface area contributed by atoms with Crippen molar-refractivity contribution in [1.29, 1.82) is 0 Å². The normalized spacial score (nSPS) is 10.7. The standard InChI is InChI=1S/C18H17ClN4O2S/c19-14-6-8-15(9-7-14)20-10-16-21-22-18(26-12-17(24)25)23(16)11-13-4-2-1-3-5-13/h1-9,20H,10-12H2,(H,24,25)/p-1. The minimum atomic E-state index is -1.13. The van der Waals surface area contributed by atoms with Gasteiger partial charge < -0.3 is 19.8 Å². The summed E-state index contributed by atoms with van der Waals surface area (Å²) < 4.78 is 1.91. The van der Waals surface area contributed by atoms with E-state index in [0.717, 1.165) is 23.0 Å². The third-order valence-corrected chi connectivity index (χ3v) is 4.78. The van der Waals surface area contributed by atoms with Gasteiger partial charge in [-0.25, -0.2) is 0 Å². The zero-order chi connectivity index (χ0) is 18.4. The molecule has 1 N–H and O–H groups in total. The van der Waals surface area contributed by atoms with Gasteiger partial charge in [0.05, 0.1) is 19.1 Å². The van der Waals surface area contributed by atoms with Crippen molar-refractivity contribution < 1.29 is 9.90 Å². The number of anilines is 1. The highest BCUT2D eigenvalue weighted by atomic mass is 35.5. The SMILES string of the molecule is O=C([O-])CSc1nnc(CNc2ccc(Cl)cc2)n1Cc1ccccc1. The molecule has 0 aliphatic rings. The molecule has 0 spiro atoms. The minimum Gasteiger partial charge on any atom is -0.549 e. The zero-order valence-electron chi connectivity index (χ0n) is 13.8. The number of aromatic nitrogens is 3. The summed E-state index contributed by atoms with van der Waals surface area (Å²) in [5.74, 6) is -0.591. The summed E-state index contributed by atoms with van der Waals surface area (Å²) in [6.45, 7) is 1.01. The van der Waals surface area contributed by atoms with E-state index in [9.17, 15) is 9.90 Å². The van der Waals surface area contributed by atoms with Gasteiger partial charge in [-0.15, -0.1) is 10.2 Å². The van der Waals surface area contributed by atoms with Crippen LogP contribution in [0.2, 0.25) is 5.02 Å². The first-order valence-corrected chi connectivity index (χ1v) is 9.26. The highest BCUT2D eigenvalue weighted by Gasteiger charge is 2.13. The number of halogens is 1. The van der Waals surface area contributed by atoms with Crippen LogP contribution >= 0.6 is 23.4 Å². The van der Waals surface area contributed by atoms with E-state index in [1.54, 1.807) is 12.1 Å². The van der Waals surface area contributed by atoms with Crippen molar-refractivity contribution >= 4 is 35.0 Å². The molecule has 0 bridgehead atoms. The van der Waals surface area contributed by atoms with E-state index in [2.05, 4.69) is 15.5 Å². The van der Waals surface area contributed by atoms with Crippen LogP contribution in [0.15, 0.2) is 59.8 Å². The lowest BCUT2D eigenvalue weighted by Gasteiger charge is -2.12. The molecule has 0 saturated heterocycles. The monoisotopic (exact) mass is 387 g/mol. The molecule has 0 radical (unpaired) electrons. The van der Waals surface area contributed by atoms with Gasteiger partial charge in [-0.1, -0.05) is 53.7 Å². The first-order valence-electron chi connectivity index (χ1n) is 7.90. The Morgan fingerprint density at radius 1 is 1.12 bits per heavy atom. The zero-order valence-corrected chi connectivity index (χ0v) is 15.3. The molecule has 3 rings (SSSR count). The molecule has 134 valence electrons. The van der Waals surface area contributed by atoms with E-state index in [-0.39, 0.29) is 5.75 Å². The molecule has 0 atom stereocenters. The van der Waals surface area contributed by atoms with Crippen molar-refractivity contribution in [2.75, 3.05) is 11.1 Å². The highest BCUT2D eigenvalue weighted by molar-refractivity contribution is 7.99. The number of hydrogen-bond donors (Lipinski definition) is 1. The Morgan fingerprint density at radius 3 is 2.54 bits per heavy atom. The molecular weight excluding hydrogens is 372 g/mol. The second-order valence-electron chi connectivity index (χ2n) is 5.49. The number of thioether (sulfide) groups is 1. The van der Waals surface area contributed by atoms with Crippen LogP contribution in [0, 0.1) is 0 Å². The Kier molecular flexibility index (Phi) is 6.14. The fourth-order valence-electron chi connectivity index (χ4n) is 2.35. The van der Waals surface area contributed by atoms with Crippen LogP contribution < -0.4 is 10.4 Å². The number of rotatable bonds is 8. The van der Waals surface area contributed by atoms with Crippen LogP contribution in [0.4, 0.5) is 5.69 Å². The van der Waals surface area contributed by atoms with E-state index in [1.807, 2.05) is 47.0 Å². The Bertz CT molecular complexity index is 869. The number of nitrogens with one attached hydrogen (secondary N) is 1. The smallest absolute Gasteiger partial charge is 0.191 e. The summed E-state index contributed by atoms with van der Waals surface area (Å²) in [7, 11) is 0. The van der Waals surface area contributed by atoms with Gasteiger partial charge >= 0.3 is 0 Å². The van der Waals surface area contributed by atoms with Crippen molar-refractivity contribution in [1.82, 2.24) is 14.8 Å². The number of benzene rings is 2. The van der Waals surface area contributed by atoms with E-state index in [4.69, 9.17) is 11.6 Å². The van der Waals surface area contributed by atoms with Crippen LogP contribution in [0.1, 0.15) is 11.4 Å². The van der Waals surface area contributed by atoms with Crippen LogP contribution in [-0.4, -0.2) is 26.5 Å². The lowest BCUT2D eigenvalue weighted by molar-refractivity contribution is -0.301. The fourth-order valence-corrected chi connectivity index (χ4v) is 3.15. The highest BCUT2D eigenvalue weighted by Crippen LogP contribution is 2.20. The fraction of sp³-hybridized carbons (Fsp3) is 0.167. The Hall–Kier alpha value is -2.51. The first kappa shape index (κ1) is 18.3. The maximum absolute atomic E-state index is 10.8. The molecule has 8 heteroatoms. The predicted octanol–water partition coefficient (Wildman–Crippen LogP) is 2.43. The largest absolute Gasteiger partial charge is 0.549 e. The van der Waals surface area contributed by atoms with E-state index in [0.29, 0.717) is 29.1 Å². The molecule has 26 heavy (non-hydrogen) atoms. The number of nitrogens with zero attached hydrogens (tertiary/aromatic N) is 3. The van der Waals surface area contributed by atoms with Gasteiger partial charge in [0.15, 0.2) is 11.0 Å². The second-order valence-corrected chi connectivity index (χ2v) is 6.87. The van der Waals surface area contributed by atoms with E-state index >= 15 is 0 Å². The summed E-state index contributed by atoms with van der Waals surface area (Å²) in [5, 5.41) is 23.6. The van der Waals surface area contributed by atoms with Crippen LogP contribution in [0.3, 0.4) is 0 Å². The van der Waals surface area contributed by atoms with Crippen LogP contribution in [-0.2, 0) is 17.9 Å². The number of carbonyl (C=O) groups is 1. The van der Waals surface area contributed by atoms with Crippen molar-refractivity contribution in [3.8, 4) is 0 Å². The minimum absolute atomic E-state index is 0.169. The molecule has 3 aromatic rings. The summed E-state index contributed by atoms with van der Waals surface area (Å²) in [5.41, 5.74) is 1.99. The van der Waals surface area contributed by atoms with Gasteiger partial charge in [0, 0.05) is 16.5 Å². The van der Waals surface area contributed by atoms with Crippen molar-refractivity contribution in [2.45, 2.75) is 18.2 Å². The molecule has 0 unspecified atom stereocenters. The summed E-state index contributed by atoms with van der Waals surface area (Å²) in [6.07, 6.45) is 0. The van der Waals surface area contributed by atoms with Crippen LogP contribution in [0.5, 0.6) is 0 Å². The van der Waals surface area contributed by atoms with Crippen molar-refractivity contribution in [2.24, 2.45) is 0 Å². The van der Waals surface area contributed by atoms with Gasteiger partial charge in [-0.05, 0) is 29.8 Å². The molecule has 1 aromatic heterocycles. The average molecular weight is 388 g/mol. The second kappa shape index (κ2) is 8.73. The van der Waals surface area contributed by atoms with Crippen LogP contribution in [0.25, 0.3) is 0 Å². The van der Waals surface area contributed by atoms with Gasteiger partial charge in [0.25, 0.3) is 0 Å². The Balaban J connectivity index is 1.78. The molecule has 1 heterocycles. The summed E-state index contributed by atoms with van der Waals surface area (Å²) in [4.78, 5) is 10.8. The summed E-state index contributed by atoms with van der Waals surface area (Å²) in [6, 6.07) is 17.2. The van der Waals surface area contributed by atoms with Gasteiger partial charge in [-0.2, -0.15) is 0 Å². The van der Waals surface area contributed by atoms with Gasteiger partial charge in [0.1, 0.15) is 0 Å². The van der Waals surface area contributed by atoms with E-state index in [1.165, 1.54) is 0 Å².